The molecule has 0 aliphatic carbocycles. The molecule has 142 valence electrons. The molecule has 0 bridgehead atoms. The molecule has 1 amide bonds. The summed E-state index contributed by atoms with van der Waals surface area (Å²) in [6, 6.07) is 8.40. The maximum atomic E-state index is 13.8. The van der Waals surface area contributed by atoms with Gasteiger partial charge in [-0.05, 0) is 29.6 Å². The van der Waals surface area contributed by atoms with Crippen LogP contribution in [0.2, 0.25) is 0 Å². The lowest BCUT2D eigenvalue weighted by Gasteiger charge is -2.09. The lowest BCUT2D eigenvalue weighted by Crippen LogP contribution is -2.32. The van der Waals surface area contributed by atoms with Gasteiger partial charge in [-0.3, -0.25) is 14.2 Å². The molecule has 0 unspecified atom stereocenters. The quantitative estimate of drug-likeness (QED) is 0.463. The third-order valence-corrected chi connectivity index (χ3v) is 6.43. The minimum absolute atomic E-state index is 0.0351. The highest BCUT2D eigenvalue weighted by molar-refractivity contribution is 9.10. The van der Waals surface area contributed by atoms with Crippen LogP contribution in [0.3, 0.4) is 0 Å². The van der Waals surface area contributed by atoms with E-state index >= 15 is 0 Å². The van der Waals surface area contributed by atoms with Crippen molar-refractivity contribution in [1.29, 1.82) is 0 Å². The van der Waals surface area contributed by atoms with Crippen LogP contribution < -0.4 is 10.9 Å². The van der Waals surface area contributed by atoms with E-state index in [0.717, 1.165) is 14.9 Å². The van der Waals surface area contributed by atoms with E-state index in [0.29, 0.717) is 15.8 Å². The van der Waals surface area contributed by atoms with Crippen LogP contribution in [0, 0.1) is 5.82 Å². The predicted octanol–water partition coefficient (Wildman–Crippen LogP) is 4.40. The van der Waals surface area contributed by atoms with Gasteiger partial charge in [-0.15, -0.1) is 22.7 Å². The highest BCUT2D eigenvalue weighted by atomic mass is 79.9. The van der Waals surface area contributed by atoms with Crippen molar-refractivity contribution in [1.82, 2.24) is 14.9 Å². The number of nitrogens with one attached hydrogen (secondary N) is 1. The van der Waals surface area contributed by atoms with Gasteiger partial charge >= 0.3 is 0 Å². The van der Waals surface area contributed by atoms with Gasteiger partial charge in [-0.2, -0.15) is 0 Å². The Morgan fingerprint density at radius 2 is 2.14 bits per heavy atom. The van der Waals surface area contributed by atoms with E-state index in [2.05, 4.69) is 26.2 Å². The zero-order valence-corrected chi connectivity index (χ0v) is 17.5. The zero-order valence-electron chi connectivity index (χ0n) is 14.3. The van der Waals surface area contributed by atoms with Gasteiger partial charge in [0.15, 0.2) is 0 Å². The Hall–Kier alpha value is -2.36. The second-order valence-electron chi connectivity index (χ2n) is 6.00. The van der Waals surface area contributed by atoms with E-state index < -0.39 is 11.7 Å². The van der Waals surface area contributed by atoms with Crippen molar-refractivity contribution in [2.45, 2.75) is 13.1 Å². The first-order valence-corrected chi connectivity index (χ1v) is 10.8. The van der Waals surface area contributed by atoms with Gasteiger partial charge in [0.1, 0.15) is 17.2 Å². The molecule has 4 aromatic rings. The SMILES string of the molecule is O=C(Cn1cnc2scc(-c3cccs3)c2c1=O)NCc1cc(Br)ccc1F. The van der Waals surface area contributed by atoms with Crippen LogP contribution in [-0.2, 0) is 17.9 Å². The number of benzene rings is 1. The fraction of sp³-hybridized carbons (Fsp3) is 0.105. The number of amides is 1. The first kappa shape index (κ1) is 19.0. The Balaban J connectivity index is 1.55. The van der Waals surface area contributed by atoms with Gasteiger partial charge in [0.05, 0.1) is 11.7 Å². The number of thiophene rings is 2. The van der Waals surface area contributed by atoms with E-state index in [-0.39, 0.29) is 18.6 Å². The van der Waals surface area contributed by atoms with Gasteiger partial charge in [0, 0.05) is 32.4 Å². The number of aromatic nitrogens is 2. The van der Waals surface area contributed by atoms with Crippen LogP contribution in [0.25, 0.3) is 20.7 Å². The molecular weight excluding hydrogens is 465 g/mol. The molecule has 0 atom stereocenters. The normalized spacial score (nSPS) is 11.1. The number of halogens is 2. The number of hydrogen-bond acceptors (Lipinski definition) is 5. The molecule has 0 aliphatic heterocycles. The molecule has 0 saturated carbocycles. The molecule has 0 saturated heterocycles. The van der Waals surface area contributed by atoms with Crippen LogP contribution in [-0.4, -0.2) is 15.5 Å². The number of nitrogens with zero attached hydrogens (tertiary/aromatic N) is 2. The zero-order chi connectivity index (χ0) is 19.7. The summed E-state index contributed by atoms with van der Waals surface area (Å²) in [7, 11) is 0. The van der Waals surface area contributed by atoms with E-state index in [1.54, 1.807) is 23.5 Å². The lowest BCUT2D eigenvalue weighted by molar-refractivity contribution is -0.121. The van der Waals surface area contributed by atoms with Crippen LogP contribution in [0.4, 0.5) is 4.39 Å². The second kappa shape index (κ2) is 7.94. The fourth-order valence-electron chi connectivity index (χ4n) is 2.78. The third kappa shape index (κ3) is 3.78. The maximum absolute atomic E-state index is 13.8. The summed E-state index contributed by atoms with van der Waals surface area (Å²) in [5.74, 6) is -0.793. The smallest absolute Gasteiger partial charge is 0.263 e. The van der Waals surface area contributed by atoms with Crippen LogP contribution in [0.1, 0.15) is 5.56 Å². The summed E-state index contributed by atoms with van der Waals surface area (Å²) in [6.45, 7) is -0.148. The number of hydrogen-bond donors (Lipinski definition) is 1. The van der Waals surface area contributed by atoms with Crippen LogP contribution in [0.15, 0.2) is 56.7 Å². The van der Waals surface area contributed by atoms with Crippen molar-refractivity contribution in [3.05, 3.63) is 73.6 Å². The minimum Gasteiger partial charge on any atom is -0.350 e. The molecule has 4 rings (SSSR count). The first-order valence-electron chi connectivity index (χ1n) is 8.24. The van der Waals surface area contributed by atoms with Crippen molar-refractivity contribution in [2.75, 3.05) is 0 Å². The highest BCUT2D eigenvalue weighted by Crippen LogP contribution is 2.33. The summed E-state index contributed by atoms with van der Waals surface area (Å²) in [4.78, 5) is 31.1. The second-order valence-corrected chi connectivity index (χ2v) is 8.72. The molecule has 28 heavy (non-hydrogen) atoms. The molecule has 3 aromatic heterocycles. The van der Waals surface area contributed by atoms with Gasteiger partial charge in [-0.25, -0.2) is 9.37 Å². The molecule has 3 heterocycles. The van der Waals surface area contributed by atoms with E-state index in [1.165, 1.54) is 28.3 Å². The molecule has 1 N–H and O–H groups in total. The Morgan fingerprint density at radius 3 is 2.93 bits per heavy atom. The lowest BCUT2D eigenvalue weighted by atomic mass is 10.2. The molecule has 0 aliphatic rings. The topological polar surface area (TPSA) is 64.0 Å². The summed E-state index contributed by atoms with van der Waals surface area (Å²) in [6.07, 6.45) is 1.37. The first-order chi connectivity index (χ1) is 13.5. The summed E-state index contributed by atoms with van der Waals surface area (Å²) >= 11 is 6.22. The van der Waals surface area contributed by atoms with Gasteiger partial charge in [0.25, 0.3) is 5.56 Å². The van der Waals surface area contributed by atoms with Crippen molar-refractivity contribution >= 4 is 54.7 Å². The number of carbonyl (C=O) groups excluding carboxylic acids is 1. The average Bonchev–Trinajstić information content (AvgIpc) is 3.34. The van der Waals surface area contributed by atoms with Gasteiger partial charge < -0.3 is 5.32 Å². The van der Waals surface area contributed by atoms with Crippen molar-refractivity contribution in [3.63, 3.8) is 0 Å². The fourth-order valence-corrected chi connectivity index (χ4v) is 4.91. The largest absolute Gasteiger partial charge is 0.350 e. The molecular formula is C19H13BrFN3O2S2. The summed E-state index contributed by atoms with van der Waals surface area (Å²) in [5, 5.41) is 7.01. The standard InChI is InChI=1S/C19H13BrFN3O2S2/c20-12-3-4-14(21)11(6-12)7-22-16(25)8-24-10-23-18-17(19(24)26)13(9-28-18)15-2-1-5-27-15/h1-6,9-10H,7-8H2,(H,22,25). The average molecular weight is 478 g/mol. The summed E-state index contributed by atoms with van der Waals surface area (Å²) in [5.41, 5.74) is 0.929. The van der Waals surface area contributed by atoms with E-state index in [1.807, 2.05) is 22.9 Å². The van der Waals surface area contributed by atoms with Crippen LogP contribution >= 0.6 is 38.6 Å². The minimum atomic E-state index is -0.400. The molecule has 5 nitrogen and oxygen atoms in total. The van der Waals surface area contributed by atoms with Gasteiger partial charge in [-0.1, -0.05) is 22.0 Å². The Bertz CT molecular complexity index is 1220. The third-order valence-electron chi connectivity index (χ3n) is 4.15. The summed E-state index contributed by atoms with van der Waals surface area (Å²) < 4.78 is 15.8. The van der Waals surface area contributed by atoms with Crippen molar-refractivity contribution < 1.29 is 9.18 Å². The van der Waals surface area contributed by atoms with E-state index in [9.17, 15) is 14.0 Å². The monoisotopic (exact) mass is 477 g/mol. The molecule has 0 fully saturated rings. The van der Waals surface area contributed by atoms with Crippen LogP contribution in [0.5, 0.6) is 0 Å². The molecule has 0 spiro atoms. The number of carbonyl (C=O) groups is 1. The van der Waals surface area contributed by atoms with Crippen molar-refractivity contribution in [2.24, 2.45) is 0 Å². The van der Waals surface area contributed by atoms with Crippen molar-refractivity contribution in [3.8, 4) is 10.4 Å². The number of fused-ring (bicyclic) bond motifs is 1. The highest BCUT2D eigenvalue weighted by Gasteiger charge is 2.15. The molecule has 9 heteroatoms. The number of rotatable bonds is 5. The maximum Gasteiger partial charge on any atom is 0.263 e. The van der Waals surface area contributed by atoms with Gasteiger partial charge in [0.2, 0.25) is 5.91 Å². The Morgan fingerprint density at radius 1 is 1.29 bits per heavy atom. The Labute approximate surface area is 175 Å². The molecule has 0 radical (unpaired) electrons. The molecule has 1 aromatic carbocycles. The Kier molecular flexibility index (Phi) is 5.38. The predicted molar refractivity (Wildman–Crippen MR) is 113 cm³/mol. The van der Waals surface area contributed by atoms with E-state index in [4.69, 9.17) is 0 Å².